The van der Waals surface area contributed by atoms with Crippen LogP contribution >= 0.6 is 11.3 Å². The van der Waals surface area contributed by atoms with Crippen LogP contribution in [0.5, 0.6) is 0 Å². The molecule has 3 rings (SSSR count). The standard InChI is InChI=1S/C20H22N4OS/c1-13-10-17(11-23-19(13)21)15-5-7-16(8-6-15)20(25)22-9-3-4-18-14(2)24-12-26-18/h5-8,10-12H,3-4,9H2,1-2H3,(H2,21,23)(H,22,25). The monoisotopic (exact) mass is 366 g/mol. The summed E-state index contributed by atoms with van der Waals surface area (Å²) in [6.07, 6.45) is 3.60. The van der Waals surface area contributed by atoms with E-state index in [2.05, 4.69) is 15.3 Å². The highest BCUT2D eigenvalue weighted by atomic mass is 32.1. The maximum atomic E-state index is 12.3. The van der Waals surface area contributed by atoms with Crippen LogP contribution in [0.3, 0.4) is 0 Å². The molecule has 0 aliphatic rings. The van der Waals surface area contributed by atoms with Gasteiger partial charge in [0.05, 0.1) is 11.2 Å². The van der Waals surface area contributed by atoms with Crippen molar-refractivity contribution in [3.63, 3.8) is 0 Å². The van der Waals surface area contributed by atoms with E-state index in [-0.39, 0.29) is 5.91 Å². The van der Waals surface area contributed by atoms with Crippen molar-refractivity contribution in [2.24, 2.45) is 0 Å². The number of aromatic nitrogens is 2. The molecule has 0 radical (unpaired) electrons. The van der Waals surface area contributed by atoms with Crippen molar-refractivity contribution >= 4 is 23.1 Å². The van der Waals surface area contributed by atoms with E-state index in [1.807, 2.05) is 49.7 Å². The van der Waals surface area contributed by atoms with Crippen LogP contribution < -0.4 is 11.1 Å². The van der Waals surface area contributed by atoms with Crippen LogP contribution in [-0.4, -0.2) is 22.4 Å². The molecule has 3 N–H and O–H groups in total. The number of benzene rings is 1. The zero-order valence-corrected chi connectivity index (χ0v) is 15.8. The average Bonchev–Trinajstić information content (AvgIpc) is 3.06. The topological polar surface area (TPSA) is 80.9 Å². The van der Waals surface area contributed by atoms with Crippen molar-refractivity contribution in [3.8, 4) is 11.1 Å². The Morgan fingerprint density at radius 1 is 1.15 bits per heavy atom. The first-order valence-electron chi connectivity index (χ1n) is 8.54. The molecule has 3 aromatic rings. The Balaban J connectivity index is 1.55. The minimum atomic E-state index is -0.0517. The number of carbonyl (C=O) groups excluding carboxylic acids is 1. The molecule has 2 heterocycles. The number of anilines is 1. The summed E-state index contributed by atoms with van der Waals surface area (Å²) in [6.45, 7) is 4.60. The molecule has 0 spiro atoms. The van der Waals surface area contributed by atoms with Crippen LogP contribution in [0.15, 0.2) is 42.0 Å². The SMILES string of the molecule is Cc1cc(-c2ccc(C(=O)NCCCc3scnc3C)cc2)cnc1N. The van der Waals surface area contributed by atoms with E-state index in [4.69, 9.17) is 5.73 Å². The Kier molecular flexibility index (Phi) is 5.63. The molecule has 134 valence electrons. The van der Waals surface area contributed by atoms with Crippen LogP contribution in [0.25, 0.3) is 11.1 Å². The molecule has 0 fully saturated rings. The van der Waals surface area contributed by atoms with Gasteiger partial charge in [-0.25, -0.2) is 9.97 Å². The number of thiazole rings is 1. The molecule has 1 aromatic carbocycles. The maximum absolute atomic E-state index is 12.3. The molecule has 0 aliphatic carbocycles. The van der Waals surface area contributed by atoms with Crippen molar-refractivity contribution in [3.05, 3.63) is 63.7 Å². The number of nitrogens with one attached hydrogen (secondary N) is 1. The molecule has 1 amide bonds. The molecule has 0 aliphatic heterocycles. The number of aryl methyl sites for hydroxylation is 3. The molecule has 0 saturated heterocycles. The van der Waals surface area contributed by atoms with Gasteiger partial charge in [0, 0.05) is 28.7 Å². The van der Waals surface area contributed by atoms with Crippen LogP contribution in [0, 0.1) is 13.8 Å². The Labute approximate surface area is 157 Å². The average molecular weight is 366 g/mol. The Morgan fingerprint density at radius 3 is 2.58 bits per heavy atom. The number of amides is 1. The molecule has 0 saturated carbocycles. The van der Waals surface area contributed by atoms with Gasteiger partial charge in [-0.2, -0.15) is 0 Å². The summed E-state index contributed by atoms with van der Waals surface area (Å²) in [5.74, 6) is 0.488. The van der Waals surface area contributed by atoms with Gasteiger partial charge in [-0.1, -0.05) is 12.1 Å². The van der Waals surface area contributed by atoms with Crippen LogP contribution in [-0.2, 0) is 6.42 Å². The third-order valence-corrected chi connectivity index (χ3v) is 5.31. The lowest BCUT2D eigenvalue weighted by Crippen LogP contribution is -2.24. The molecule has 0 bridgehead atoms. The number of nitrogens with zero attached hydrogens (tertiary/aromatic N) is 2. The van der Waals surface area contributed by atoms with Gasteiger partial charge < -0.3 is 11.1 Å². The maximum Gasteiger partial charge on any atom is 0.251 e. The largest absolute Gasteiger partial charge is 0.383 e. The fraction of sp³-hybridized carbons (Fsp3) is 0.250. The summed E-state index contributed by atoms with van der Waals surface area (Å²) in [5, 5.41) is 2.97. The van der Waals surface area contributed by atoms with Gasteiger partial charge in [0.2, 0.25) is 0 Å². The summed E-state index contributed by atoms with van der Waals surface area (Å²) < 4.78 is 0. The fourth-order valence-electron chi connectivity index (χ4n) is 2.68. The number of pyridine rings is 1. The Bertz CT molecular complexity index is 902. The van der Waals surface area contributed by atoms with E-state index < -0.39 is 0 Å². The second-order valence-electron chi connectivity index (χ2n) is 6.22. The molecular weight excluding hydrogens is 344 g/mol. The van der Waals surface area contributed by atoms with Crippen molar-refractivity contribution < 1.29 is 4.79 Å². The lowest BCUT2D eigenvalue weighted by molar-refractivity contribution is 0.0953. The third-order valence-electron chi connectivity index (χ3n) is 4.31. The quantitative estimate of drug-likeness (QED) is 0.651. The zero-order chi connectivity index (χ0) is 18.5. The molecule has 0 unspecified atom stereocenters. The highest BCUT2D eigenvalue weighted by Crippen LogP contribution is 2.22. The fourth-order valence-corrected chi connectivity index (χ4v) is 3.50. The number of hydrogen-bond donors (Lipinski definition) is 2. The van der Waals surface area contributed by atoms with E-state index in [0.717, 1.165) is 35.2 Å². The highest BCUT2D eigenvalue weighted by molar-refractivity contribution is 7.09. The minimum Gasteiger partial charge on any atom is -0.383 e. The molecular formula is C20H22N4OS. The van der Waals surface area contributed by atoms with E-state index in [1.165, 1.54) is 4.88 Å². The normalized spacial score (nSPS) is 10.7. The predicted octanol–water partition coefficient (Wildman–Crippen LogP) is 3.77. The Morgan fingerprint density at radius 2 is 1.92 bits per heavy atom. The summed E-state index contributed by atoms with van der Waals surface area (Å²) in [6, 6.07) is 9.54. The van der Waals surface area contributed by atoms with Crippen LogP contribution in [0.4, 0.5) is 5.82 Å². The van der Waals surface area contributed by atoms with Gasteiger partial charge in [0.25, 0.3) is 5.91 Å². The van der Waals surface area contributed by atoms with E-state index in [0.29, 0.717) is 17.9 Å². The summed E-state index contributed by atoms with van der Waals surface area (Å²) >= 11 is 1.67. The van der Waals surface area contributed by atoms with Gasteiger partial charge in [-0.05, 0) is 56.0 Å². The van der Waals surface area contributed by atoms with Crippen molar-refractivity contribution in [1.82, 2.24) is 15.3 Å². The molecule has 26 heavy (non-hydrogen) atoms. The molecule has 6 heteroatoms. The van der Waals surface area contributed by atoms with Crippen LogP contribution in [0.2, 0.25) is 0 Å². The van der Waals surface area contributed by atoms with Crippen molar-refractivity contribution in [1.29, 1.82) is 0 Å². The number of nitrogen functional groups attached to an aromatic ring is 1. The third kappa shape index (κ3) is 4.26. The lowest BCUT2D eigenvalue weighted by Gasteiger charge is -2.07. The van der Waals surface area contributed by atoms with Crippen molar-refractivity contribution in [2.75, 3.05) is 12.3 Å². The van der Waals surface area contributed by atoms with Crippen LogP contribution in [0.1, 0.15) is 32.9 Å². The smallest absolute Gasteiger partial charge is 0.251 e. The van der Waals surface area contributed by atoms with E-state index in [1.54, 1.807) is 17.5 Å². The second-order valence-corrected chi connectivity index (χ2v) is 7.16. The number of rotatable bonds is 6. The first-order valence-corrected chi connectivity index (χ1v) is 9.42. The van der Waals surface area contributed by atoms with Gasteiger partial charge in [-0.3, -0.25) is 4.79 Å². The zero-order valence-electron chi connectivity index (χ0n) is 15.0. The minimum absolute atomic E-state index is 0.0517. The number of nitrogens with two attached hydrogens (primary N) is 1. The molecule has 5 nitrogen and oxygen atoms in total. The van der Waals surface area contributed by atoms with E-state index >= 15 is 0 Å². The van der Waals surface area contributed by atoms with Gasteiger partial charge >= 0.3 is 0 Å². The lowest BCUT2D eigenvalue weighted by atomic mass is 10.0. The Hall–Kier alpha value is -2.73. The molecule has 0 atom stereocenters. The molecule has 2 aromatic heterocycles. The highest BCUT2D eigenvalue weighted by Gasteiger charge is 2.07. The number of hydrogen-bond acceptors (Lipinski definition) is 5. The summed E-state index contributed by atoms with van der Waals surface area (Å²) in [7, 11) is 0. The van der Waals surface area contributed by atoms with E-state index in [9.17, 15) is 4.79 Å². The first kappa shape index (κ1) is 18.1. The summed E-state index contributed by atoms with van der Waals surface area (Å²) in [4.78, 5) is 22.0. The van der Waals surface area contributed by atoms with Gasteiger partial charge in [0.1, 0.15) is 5.82 Å². The summed E-state index contributed by atoms with van der Waals surface area (Å²) in [5.41, 5.74) is 12.3. The number of carbonyl (C=O) groups is 1. The van der Waals surface area contributed by atoms with Gasteiger partial charge in [-0.15, -0.1) is 11.3 Å². The second kappa shape index (κ2) is 8.10. The van der Waals surface area contributed by atoms with Gasteiger partial charge in [0.15, 0.2) is 0 Å². The van der Waals surface area contributed by atoms with Crippen molar-refractivity contribution in [2.45, 2.75) is 26.7 Å². The predicted molar refractivity (Wildman–Crippen MR) is 106 cm³/mol. The first-order chi connectivity index (χ1) is 12.5.